The summed E-state index contributed by atoms with van der Waals surface area (Å²) in [5.41, 5.74) is -1.13. The molecule has 0 radical (unpaired) electrons. The predicted octanol–water partition coefficient (Wildman–Crippen LogP) is 1.41. The largest absolute Gasteiger partial charge is 0.478 e. The molecule has 7 heteroatoms. The Labute approximate surface area is 114 Å². The van der Waals surface area contributed by atoms with Crippen molar-refractivity contribution in [3.05, 3.63) is 34.9 Å². The van der Waals surface area contributed by atoms with Gasteiger partial charge in [0.2, 0.25) is 0 Å². The van der Waals surface area contributed by atoms with Crippen LogP contribution >= 0.6 is 0 Å². The Morgan fingerprint density at radius 1 is 1.20 bits per heavy atom. The minimum Gasteiger partial charge on any atom is -0.478 e. The molecular formula is C13H15F2NO4. The van der Waals surface area contributed by atoms with E-state index in [2.05, 4.69) is 5.32 Å². The average Bonchev–Trinajstić information content (AvgIpc) is 2.37. The number of nitrogens with one attached hydrogen (secondary N) is 1. The van der Waals surface area contributed by atoms with Crippen molar-refractivity contribution < 1.29 is 28.6 Å². The number of carboxylic acid groups (broad SMARTS) is 1. The summed E-state index contributed by atoms with van der Waals surface area (Å²) in [6, 6.07) is 0.974. The van der Waals surface area contributed by atoms with Gasteiger partial charge in [-0.15, -0.1) is 0 Å². The van der Waals surface area contributed by atoms with E-state index in [1.165, 1.54) is 0 Å². The van der Waals surface area contributed by atoms with Crippen LogP contribution in [0.15, 0.2) is 12.1 Å². The summed E-state index contributed by atoms with van der Waals surface area (Å²) >= 11 is 0. The molecule has 1 amide bonds. The van der Waals surface area contributed by atoms with Gasteiger partial charge in [-0.3, -0.25) is 4.79 Å². The average molecular weight is 287 g/mol. The Balaban J connectivity index is 2.98. The van der Waals surface area contributed by atoms with E-state index in [1.807, 2.05) is 0 Å². The molecule has 20 heavy (non-hydrogen) atoms. The molecule has 0 saturated heterocycles. The number of carbonyl (C=O) groups is 2. The first-order valence-electron chi connectivity index (χ1n) is 5.92. The Morgan fingerprint density at radius 2 is 1.70 bits per heavy atom. The lowest BCUT2D eigenvalue weighted by Crippen LogP contribution is -2.35. The van der Waals surface area contributed by atoms with Gasteiger partial charge in [0.15, 0.2) is 11.6 Å². The number of amides is 1. The summed E-state index contributed by atoms with van der Waals surface area (Å²) in [4.78, 5) is 22.7. The van der Waals surface area contributed by atoms with Crippen LogP contribution in [0.2, 0.25) is 0 Å². The molecular weight excluding hydrogens is 272 g/mol. The lowest BCUT2D eigenvalue weighted by Gasteiger charge is -2.15. The van der Waals surface area contributed by atoms with Crippen LogP contribution in [0.3, 0.4) is 0 Å². The summed E-state index contributed by atoms with van der Waals surface area (Å²) in [5, 5.41) is 20.7. The molecule has 1 rings (SSSR count). The molecule has 0 aliphatic heterocycles. The first-order valence-corrected chi connectivity index (χ1v) is 5.92. The maximum absolute atomic E-state index is 13.1. The van der Waals surface area contributed by atoms with Crippen molar-refractivity contribution in [2.24, 2.45) is 5.92 Å². The first kappa shape index (κ1) is 16.0. The third kappa shape index (κ3) is 3.74. The van der Waals surface area contributed by atoms with Gasteiger partial charge in [0.25, 0.3) is 5.91 Å². The lowest BCUT2D eigenvalue weighted by molar-refractivity contribution is 0.0688. The molecule has 0 fully saturated rings. The third-order valence-electron chi connectivity index (χ3n) is 2.78. The number of hydrogen-bond acceptors (Lipinski definition) is 3. The smallest absolute Gasteiger partial charge is 0.336 e. The van der Waals surface area contributed by atoms with Gasteiger partial charge in [-0.2, -0.15) is 0 Å². The van der Waals surface area contributed by atoms with Crippen LogP contribution < -0.4 is 5.32 Å². The number of aromatic carboxylic acids is 1. The zero-order valence-corrected chi connectivity index (χ0v) is 11.0. The predicted molar refractivity (Wildman–Crippen MR) is 66.5 cm³/mol. The van der Waals surface area contributed by atoms with Crippen molar-refractivity contribution in [2.45, 2.75) is 20.0 Å². The van der Waals surface area contributed by atoms with E-state index in [0.717, 1.165) is 0 Å². The Kier molecular flexibility index (Phi) is 5.15. The van der Waals surface area contributed by atoms with Crippen LogP contribution in [0, 0.1) is 17.6 Å². The summed E-state index contributed by atoms with van der Waals surface area (Å²) in [6.45, 7) is 3.35. The van der Waals surface area contributed by atoms with Gasteiger partial charge in [-0.25, -0.2) is 13.6 Å². The van der Waals surface area contributed by atoms with E-state index < -0.39 is 40.7 Å². The van der Waals surface area contributed by atoms with Gasteiger partial charge < -0.3 is 15.5 Å². The maximum Gasteiger partial charge on any atom is 0.336 e. The van der Waals surface area contributed by atoms with Gasteiger partial charge in [0, 0.05) is 6.54 Å². The molecule has 1 aromatic carbocycles. The highest BCUT2D eigenvalue weighted by molar-refractivity contribution is 6.04. The molecule has 0 aliphatic carbocycles. The van der Waals surface area contributed by atoms with E-state index in [1.54, 1.807) is 13.8 Å². The molecule has 1 aromatic rings. The van der Waals surface area contributed by atoms with E-state index in [0.29, 0.717) is 12.1 Å². The van der Waals surface area contributed by atoms with E-state index in [-0.39, 0.29) is 12.5 Å². The SMILES string of the molecule is CC(C)C(O)CNC(=O)c1cc(F)c(F)cc1C(=O)O. The summed E-state index contributed by atoms with van der Waals surface area (Å²) in [7, 11) is 0. The normalized spacial score (nSPS) is 12.3. The fraction of sp³-hybridized carbons (Fsp3) is 0.385. The standard InChI is InChI=1S/C13H15F2NO4/c1-6(2)11(17)5-16-12(18)7-3-9(14)10(15)4-8(7)13(19)20/h3-4,6,11,17H,5H2,1-2H3,(H,16,18)(H,19,20). The molecule has 0 aromatic heterocycles. The Hall–Kier alpha value is -2.02. The topological polar surface area (TPSA) is 86.6 Å². The third-order valence-corrected chi connectivity index (χ3v) is 2.78. The van der Waals surface area contributed by atoms with Crippen LogP contribution in [0.1, 0.15) is 34.6 Å². The number of halogens is 2. The van der Waals surface area contributed by atoms with Crippen molar-refractivity contribution in [3.63, 3.8) is 0 Å². The second-order valence-electron chi connectivity index (χ2n) is 4.64. The lowest BCUT2D eigenvalue weighted by atomic mass is 10.0. The van der Waals surface area contributed by atoms with Crippen molar-refractivity contribution >= 4 is 11.9 Å². The van der Waals surface area contributed by atoms with Crippen molar-refractivity contribution in [1.82, 2.24) is 5.32 Å². The second-order valence-corrected chi connectivity index (χ2v) is 4.64. The number of hydrogen-bond donors (Lipinski definition) is 3. The number of rotatable bonds is 5. The molecule has 0 aliphatic rings. The molecule has 0 saturated carbocycles. The monoisotopic (exact) mass is 287 g/mol. The van der Waals surface area contributed by atoms with E-state index >= 15 is 0 Å². The van der Waals surface area contributed by atoms with Crippen LogP contribution in [0.25, 0.3) is 0 Å². The first-order chi connectivity index (χ1) is 9.23. The highest BCUT2D eigenvalue weighted by Crippen LogP contribution is 2.15. The second kappa shape index (κ2) is 6.42. The number of benzene rings is 1. The fourth-order valence-electron chi connectivity index (χ4n) is 1.44. The number of carboxylic acids is 1. The fourth-order valence-corrected chi connectivity index (χ4v) is 1.44. The van der Waals surface area contributed by atoms with Gasteiger partial charge in [0.05, 0.1) is 17.2 Å². The quantitative estimate of drug-likeness (QED) is 0.764. The van der Waals surface area contributed by atoms with E-state index in [4.69, 9.17) is 5.11 Å². The van der Waals surface area contributed by atoms with Crippen LogP contribution in [-0.4, -0.2) is 34.7 Å². The summed E-state index contributed by atoms with van der Waals surface area (Å²) < 4.78 is 26.1. The highest BCUT2D eigenvalue weighted by Gasteiger charge is 2.21. The Bertz CT molecular complexity index is 531. The maximum atomic E-state index is 13.1. The molecule has 1 unspecified atom stereocenters. The molecule has 0 bridgehead atoms. The van der Waals surface area contributed by atoms with Gasteiger partial charge >= 0.3 is 5.97 Å². The Morgan fingerprint density at radius 3 is 2.15 bits per heavy atom. The van der Waals surface area contributed by atoms with Gasteiger partial charge in [0.1, 0.15) is 0 Å². The van der Waals surface area contributed by atoms with Crippen LogP contribution in [-0.2, 0) is 0 Å². The molecule has 0 spiro atoms. The van der Waals surface area contributed by atoms with Crippen molar-refractivity contribution in [2.75, 3.05) is 6.54 Å². The zero-order chi connectivity index (χ0) is 15.4. The number of aliphatic hydroxyl groups excluding tert-OH is 1. The highest BCUT2D eigenvalue weighted by atomic mass is 19.2. The molecule has 5 nitrogen and oxygen atoms in total. The van der Waals surface area contributed by atoms with Gasteiger partial charge in [-0.1, -0.05) is 13.8 Å². The molecule has 0 heterocycles. The zero-order valence-electron chi connectivity index (χ0n) is 11.0. The van der Waals surface area contributed by atoms with Crippen LogP contribution in [0.5, 0.6) is 0 Å². The summed E-state index contributed by atoms with van der Waals surface area (Å²) in [6.07, 6.45) is -0.822. The minimum atomic E-state index is -1.54. The molecule has 110 valence electrons. The minimum absolute atomic E-state index is 0.112. The number of carbonyl (C=O) groups excluding carboxylic acids is 1. The summed E-state index contributed by atoms with van der Waals surface area (Å²) in [5.74, 6) is -5.20. The van der Waals surface area contributed by atoms with E-state index in [9.17, 15) is 23.5 Å². The van der Waals surface area contributed by atoms with Gasteiger partial charge in [-0.05, 0) is 18.1 Å². The van der Waals surface area contributed by atoms with Crippen molar-refractivity contribution in [3.8, 4) is 0 Å². The van der Waals surface area contributed by atoms with Crippen LogP contribution in [0.4, 0.5) is 8.78 Å². The molecule has 1 atom stereocenters. The van der Waals surface area contributed by atoms with Crippen molar-refractivity contribution in [1.29, 1.82) is 0 Å². The molecule has 3 N–H and O–H groups in total. The number of aliphatic hydroxyl groups is 1.